The van der Waals surface area contributed by atoms with Crippen molar-refractivity contribution in [3.63, 3.8) is 0 Å². The van der Waals surface area contributed by atoms with Crippen molar-refractivity contribution in [2.45, 2.75) is 52.5 Å². The quantitative estimate of drug-likeness (QED) is 0.545. The van der Waals surface area contributed by atoms with Crippen LogP contribution in [-0.2, 0) is 48.8 Å². The molecule has 0 saturated carbocycles. The number of anilines is 1. The molecule has 5 nitrogen and oxygen atoms in total. The fraction of sp³-hybridized carbons (Fsp3) is 0.500. The zero-order valence-electron chi connectivity index (χ0n) is 20.8. The van der Waals surface area contributed by atoms with Gasteiger partial charge in [0.05, 0.1) is 19.0 Å². The van der Waals surface area contributed by atoms with Crippen molar-refractivity contribution < 1.29 is 46.8 Å². The first-order valence-electron chi connectivity index (χ1n) is 12.5. The molecule has 2 amide bonds. The minimum absolute atomic E-state index is 0. The molecule has 34 heavy (non-hydrogen) atoms. The van der Waals surface area contributed by atoms with Crippen LogP contribution in [0.3, 0.4) is 0 Å². The van der Waals surface area contributed by atoms with Crippen LogP contribution < -0.4 is 5.32 Å². The molecule has 2 unspecified atom stereocenters. The van der Waals surface area contributed by atoms with Crippen LogP contribution in [-0.4, -0.2) is 53.9 Å². The summed E-state index contributed by atoms with van der Waals surface area (Å²) in [5, 5.41) is 3.19. The normalized spacial score (nSPS) is 22.5. The van der Waals surface area contributed by atoms with Crippen LogP contribution in [0.15, 0.2) is 48.5 Å². The molecule has 1 N–H and O–H groups in total. The predicted octanol–water partition coefficient (Wildman–Crippen LogP) is 4.68. The summed E-state index contributed by atoms with van der Waals surface area (Å²) in [6.07, 6.45) is 5.36. The zero-order chi connectivity index (χ0) is 23.3. The summed E-state index contributed by atoms with van der Waals surface area (Å²) >= 11 is 0. The Bertz CT molecular complexity index is 955. The minimum Gasteiger partial charge on any atom is -0.342 e. The first kappa shape index (κ1) is 27.0. The number of nitrogens with zero attached hydrogens (tertiary/aromatic N) is 2. The summed E-state index contributed by atoms with van der Waals surface area (Å²) in [5.41, 5.74) is 4.30. The Morgan fingerprint density at radius 1 is 0.941 bits per heavy atom. The molecule has 0 aromatic heterocycles. The van der Waals surface area contributed by atoms with Crippen LogP contribution in [0.25, 0.3) is 0 Å². The standard InChI is InChI=1S/C28H37N3O2.Y/c1-22-11-9-12-23(2)27(22)29-26(32)21-31(19-24-13-5-3-6-14-24)18-10-15-25(20-31)28(33)30-16-7-4-8-17-30;/h3,5-6,9,11-14,25H,4,7-8,10,15-21H2,1-2H3;/p+1. The molecule has 2 aromatic rings. The number of likely N-dealkylation sites (tertiary alicyclic amines) is 2. The largest absolute Gasteiger partial charge is 0.342 e. The number of aryl methyl sites for hydroxylation is 2. The molecule has 2 aliphatic rings. The second kappa shape index (κ2) is 12.4. The van der Waals surface area contributed by atoms with E-state index in [1.54, 1.807) is 0 Å². The van der Waals surface area contributed by atoms with Crippen molar-refractivity contribution >= 4 is 17.5 Å². The van der Waals surface area contributed by atoms with Crippen LogP contribution in [0.4, 0.5) is 5.69 Å². The van der Waals surface area contributed by atoms with Crippen molar-refractivity contribution in [1.82, 2.24) is 4.90 Å². The van der Waals surface area contributed by atoms with Gasteiger partial charge in [0.25, 0.3) is 5.91 Å². The molecule has 4 rings (SSSR count). The molecule has 2 atom stereocenters. The van der Waals surface area contributed by atoms with E-state index in [0.29, 0.717) is 16.9 Å². The van der Waals surface area contributed by atoms with E-state index in [1.807, 2.05) is 38.1 Å². The topological polar surface area (TPSA) is 49.4 Å². The Morgan fingerprint density at radius 2 is 1.62 bits per heavy atom. The number of hydrogen-bond acceptors (Lipinski definition) is 2. The van der Waals surface area contributed by atoms with Crippen molar-refractivity contribution in [3.05, 3.63) is 65.2 Å². The average molecular weight is 538 g/mol. The van der Waals surface area contributed by atoms with Crippen molar-refractivity contribution in [2.75, 3.05) is 38.0 Å². The predicted molar refractivity (Wildman–Crippen MR) is 133 cm³/mol. The maximum absolute atomic E-state index is 13.4. The summed E-state index contributed by atoms with van der Waals surface area (Å²) in [5.74, 6) is 0.350. The molecule has 1 radical (unpaired) electrons. The molecule has 2 saturated heterocycles. The Hall–Kier alpha value is -1.56. The molecule has 0 spiro atoms. The molecule has 2 aromatic carbocycles. The number of quaternary nitrogens is 1. The molecule has 6 heteroatoms. The van der Waals surface area contributed by atoms with E-state index in [2.05, 4.69) is 34.5 Å². The summed E-state index contributed by atoms with van der Waals surface area (Å²) in [4.78, 5) is 28.8. The summed E-state index contributed by atoms with van der Waals surface area (Å²) < 4.78 is 0.644. The van der Waals surface area contributed by atoms with E-state index >= 15 is 0 Å². The summed E-state index contributed by atoms with van der Waals surface area (Å²) in [7, 11) is 0. The maximum Gasteiger partial charge on any atom is 0.279 e. The Labute approximate surface area is 229 Å². The fourth-order valence-corrected chi connectivity index (χ4v) is 5.71. The second-order valence-electron chi connectivity index (χ2n) is 10.1. The maximum atomic E-state index is 13.4. The molecule has 2 fully saturated rings. The Morgan fingerprint density at radius 3 is 2.29 bits per heavy atom. The molecule has 2 heterocycles. The molecular formula is C28H38N3O2Y+. The number of piperidine rings is 2. The van der Waals surface area contributed by atoms with Gasteiger partial charge >= 0.3 is 0 Å². The van der Waals surface area contributed by atoms with E-state index in [0.717, 1.165) is 75.2 Å². The number of para-hydroxylation sites is 1. The van der Waals surface area contributed by atoms with Crippen LogP contribution in [0.2, 0.25) is 0 Å². The van der Waals surface area contributed by atoms with E-state index in [4.69, 9.17) is 0 Å². The summed E-state index contributed by atoms with van der Waals surface area (Å²) in [6.45, 7) is 8.69. The molecule has 0 bridgehead atoms. The van der Waals surface area contributed by atoms with Crippen molar-refractivity contribution in [1.29, 1.82) is 0 Å². The molecule has 2 aliphatic heterocycles. The van der Waals surface area contributed by atoms with Gasteiger partial charge in [-0.15, -0.1) is 0 Å². The molecular weight excluding hydrogens is 499 g/mol. The average Bonchev–Trinajstić information content (AvgIpc) is 2.82. The minimum atomic E-state index is 0. The number of hydrogen-bond donors (Lipinski definition) is 1. The van der Waals surface area contributed by atoms with Gasteiger partial charge in [-0.25, -0.2) is 0 Å². The SMILES string of the molecule is Cc1cccc(C)c1NC(=O)C[N+]1(Cc2ccccc2)CCCC(C(=O)N2CCCCC2)C1.[Y]. The van der Waals surface area contributed by atoms with Gasteiger partial charge < -0.3 is 14.7 Å². The number of carbonyl (C=O) groups is 2. The first-order chi connectivity index (χ1) is 16.0. The van der Waals surface area contributed by atoms with Crippen LogP contribution >= 0.6 is 0 Å². The first-order valence-corrected chi connectivity index (χ1v) is 12.5. The third-order valence-corrected chi connectivity index (χ3v) is 7.40. The van der Waals surface area contributed by atoms with E-state index < -0.39 is 0 Å². The number of carbonyl (C=O) groups excluding carboxylic acids is 2. The van der Waals surface area contributed by atoms with E-state index in [-0.39, 0.29) is 44.5 Å². The van der Waals surface area contributed by atoms with Gasteiger partial charge in [-0.1, -0.05) is 48.5 Å². The number of rotatable bonds is 6. The van der Waals surface area contributed by atoms with Crippen molar-refractivity contribution in [2.24, 2.45) is 5.92 Å². The third-order valence-electron chi connectivity index (χ3n) is 7.40. The van der Waals surface area contributed by atoms with Gasteiger partial charge in [0.2, 0.25) is 5.91 Å². The van der Waals surface area contributed by atoms with Gasteiger partial charge in [0.1, 0.15) is 6.54 Å². The monoisotopic (exact) mass is 537 g/mol. The second-order valence-corrected chi connectivity index (χ2v) is 10.1. The smallest absolute Gasteiger partial charge is 0.279 e. The van der Waals surface area contributed by atoms with Gasteiger partial charge in [-0.2, -0.15) is 0 Å². The van der Waals surface area contributed by atoms with Crippen molar-refractivity contribution in [3.8, 4) is 0 Å². The Balaban J connectivity index is 0.00000324. The third kappa shape index (κ3) is 6.77. The van der Waals surface area contributed by atoms with Crippen LogP contribution in [0, 0.1) is 19.8 Å². The van der Waals surface area contributed by atoms with Crippen LogP contribution in [0.1, 0.15) is 48.8 Å². The summed E-state index contributed by atoms with van der Waals surface area (Å²) in [6, 6.07) is 16.5. The van der Waals surface area contributed by atoms with Gasteiger partial charge in [0.15, 0.2) is 6.54 Å². The van der Waals surface area contributed by atoms with Gasteiger partial charge in [-0.05, 0) is 57.1 Å². The zero-order valence-corrected chi connectivity index (χ0v) is 23.6. The van der Waals surface area contributed by atoms with Gasteiger partial charge in [-0.3, -0.25) is 9.59 Å². The number of nitrogens with one attached hydrogen (secondary N) is 1. The van der Waals surface area contributed by atoms with Crippen LogP contribution in [0.5, 0.6) is 0 Å². The number of amides is 2. The van der Waals surface area contributed by atoms with E-state index in [9.17, 15) is 9.59 Å². The van der Waals surface area contributed by atoms with Gasteiger partial charge in [0, 0.05) is 57.0 Å². The number of benzene rings is 2. The fourth-order valence-electron chi connectivity index (χ4n) is 5.71. The molecule has 0 aliphatic carbocycles. The molecule has 179 valence electrons. The Kier molecular flexibility index (Phi) is 9.88. The van der Waals surface area contributed by atoms with E-state index in [1.165, 1.54) is 12.0 Å².